The molecule has 5 rings (SSSR count). The zero-order chi connectivity index (χ0) is 28.6. The van der Waals surface area contributed by atoms with E-state index in [4.69, 9.17) is 0 Å². The lowest BCUT2D eigenvalue weighted by molar-refractivity contribution is 0.827. The summed E-state index contributed by atoms with van der Waals surface area (Å²) in [6.07, 6.45) is 0. The van der Waals surface area contributed by atoms with E-state index in [9.17, 15) is 0 Å². The van der Waals surface area contributed by atoms with Gasteiger partial charge >= 0.3 is 0 Å². The monoisotopic (exact) mass is 538 g/mol. The van der Waals surface area contributed by atoms with Gasteiger partial charge in [0.15, 0.2) is 0 Å². The minimum Gasteiger partial charge on any atom is -0.367 e. The lowest BCUT2D eigenvalue weighted by atomic mass is 9.81. The van der Waals surface area contributed by atoms with Crippen molar-refractivity contribution in [2.24, 2.45) is 0 Å². The van der Waals surface area contributed by atoms with Crippen LogP contribution in [0.15, 0.2) is 127 Å². The molecule has 0 unspecified atom stereocenters. The Morgan fingerprint density at radius 3 is 1.24 bits per heavy atom. The van der Waals surface area contributed by atoms with Gasteiger partial charge in [-0.05, 0) is 90.9 Å². The van der Waals surface area contributed by atoms with E-state index < -0.39 is 0 Å². The van der Waals surface area contributed by atoms with Crippen LogP contribution in [0.1, 0.15) is 58.7 Å². The molecular formula is C39H42N2. The average Bonchev–Trinajstić information content (AvgIpc) is 3.02. The summed E-state index contributed by atoms with van der Waals surface area (Å²) < 4.78 is 0. The maximum absolute atomic E-state index is 2.45. The van der Waals surface area contributed by atoms with Crippen molar-refractivity contribution >= 4 is 11.4 Å². The first-order valence-corrected chi connectivity index (χ1v) is 14.9. The second kappa shape index (κ2) is 13.4. The lowest BCUT2D eigenvalue weighted by Crippen LogP contribution is -2.22. The fourth-order valence-corrected chi connectivity index (χ4v) is 5.91. The lowest BCUT2D eigenvalue weighted by Gasteiger charge is -2.28. The van der Waals surface area contributed by atoms with Gasteiger partial charge in [-0.3, -0.25) is 0 Å². The van der Waals surface area contributed by atoms with Crippen molar-refractivity contribution in [2.45, 2.75) is 46.7 Å². The normalized spacial score (nSPS) is 11.0. The summed E-state index contributed by atoms with van der Waals surface area (Å²) in [6, 6.07) is 46.6. The van der Waals surface area contributed by atoms with Gasteiger partial charge in [-0.15, -0.1) is 0 Å². The summed E-state index contributed by atoms with van der Waals surface area (Å²) in [5, 5.41) is 0. The molecule has 2 heteroatoms. The number of anilines is 2. The Bertz CT molecular complexity index is 1430. The predicted molar refractivity (Wildman–Crippen MR) is 176 cm³/mol. The second-order valence-corrected chi connectivity index (χ2v) is 10.9. The summed E-state index contributed by atoms with van der Waals surface area (Å²) >= 11 is 0. The van der Waals surface area contributed by atoms with E-state index in [2.05, 4.69) is 165 Å². The molecule has 0 N–H and O–H groups in total. The van der Waals surface area contributed by atoms with Crippen molar-refractivity contribution in [3.05, 3.63) is 166 Å². The smallest absolute Gasteiger partial charge is 0.0429 e. The SMILES string of the molecule is CCN(Cc1ccccc1)c1ccc(C(c2ccccc2)c2ccc(N(CC)Cc3ccccc3)cc2C)c(C)c1. The molecule has 5 aromatic rings. The van der Waals surface area contributed by atoms with Gasteiger partial charge in [-0.25, -0.2) is 0 Å². The van der Waals surface area contributed by atoms with Crippen LogP contribution in [0.4, 0.5) is 11.4 Å². The Balaban J connectivity index is 1.48. The van der Waals surface area contributed by atoms with Gasteiger partial charge in [0.25, 0.3) is 0 Å². The van der Waals surface area contributed by atoms with Crippen LogP contribution in [0.2, 0.25) is 0 Å². The second-order valence-electron chi connectivity index (χ2n) is 10.9. The van der Waals surface area contributed by atoms with Crippen molar-refractivity contribution in [3.8, 4) is 0 Å². The summed E-state index contributed by atoms with van der Waals surface area (Å²) in [5.74, 6) is 0.174. The molecule has 41 heavy (non-hydrogen) atoms. The molecule has 0 fully saturated rings. The highest BCUT2D eigenvalue weighted by Crippen LogP contribution is 2.38. The molecule has 0 spiro atoms. The minimum atomic E-state index is 0.174. The Morgan fingerprint density at radius 2 is 0.878 bits per heavy atom. The number of nitrogens with zero attached hydrogens (tertiary/aromatic N) is 2. The Hall–Kier alpha value is -4.30. The quantitative estimate of drug-likeness (QED) is 0.155. The molecule has 0 saturated heterocycles. The van der Waals surface area contributed by atoms with E-state index in [0.717, 1.165) is 26.2 Å². The summed E-state index contributed by atoms with van der Waals surface area (Å²) in [6.45, 7) is 12.8. The molecule has 0 bridgehead atoms. The number of aryl methyl sites for hydroxylation is 2. The fourth-order valence-electron chi connectivity index (χ4n) is 5.91. The predicted octanol–water partition coefficient (Wildman–Crippen LogP) is 9.54. The van der Waals surface area contributed by atoms with Gasteiger partial charge in [0, 0.05) is 43.5 Å². The number of hydrogen-bond acceptors (Lipinski definition) is 2. The first-order chi connectivity index (χ1) is 20.1. The molecule has 5 aromatic carbocycles. The molecular weight excluding hydrogens is 496 g/mol. The minimum absolute atomic E-state index is 0.174. The Morgan fingerprint density at radius 1 is 0.488 bits per heavy atom. The molecule has 0 aliphatic carbocycles. The van der Waals surface area contributed by atoms with E-state index in [1.165, 1.54) is 50.3 Å². The Kier molecular flexibility index (Phi) is 9.21. The van der Waals surface area contributed by atoms with Gasteiger partial charge in [0.05, 0.1) is 0 Å². The van der Waals surface area contributed by atoms with Crippen molar-refractivity contribution in [3.63, 3.8) is 0 Å². The van der Waals surface area contributed by atoms with Crippen LogP contribution in [0.3, 0.4) is 0 Å². The van der Waals surface area contributed by atoms with Crippen LogP contribution in [0.25, 0.3) is 0 Å². The zero-order valence-electron chi connectivity index (χ0n) is 24.9. The molecule has 2 nitrogen and oxygen atoms in total. The van der Waals surface area contributed by atoms with Gasteiger partial charge in [0.1, 0.15) is 0 Å². The number of benzene rings is 5. The van der Waals surface area contributed by atoms with E-state index in [1.807, 2.05) is 0 Å². The number of rotatable bonds is 11. The summed E-state index contributed by atoms with van der Waals surface area (Å²) in [7, 11) is 0. The first-order valence-electron chi connectivity index (χ1n) is 14.9. The fraction of sp³-hybridized carbons (Fsp3) is 0.231. The maximum Gasteiger partial charge on any atom is 0.0429 e. The molecule has 0 saturated carbocycles. The van der Waals surface area contributed by atoms with Crippen LogP contribution in [-0.2, 0) is 13.1 Å². The maximum atomic E-state index is 2.45. The van der Waals surface area contributed by atoms with Gasteiger partial charge < -0.3 is 9.80 Å². The Labute approximate surface area is 246 Å². The highest BCUT2D eigenvalue weighted by molar-refractivity contribution is 5.59. The molecule has 208 valence electrons. The molecule has 0 heterocycles. The molecule has 0 aliphatic heterocycles. The first kappa shape index (κ1) is 28.2. The third kappa shape index (κ3) is 6.72. The van der Waals surface area contributed by atoms with E-state index in [-0.39, 0.29) is 5.92 Å². The van der Waals surface area contributed by atoms with Gasteiger partial charge in [-0.1, -0.05) is 103 Å². The molecule has 0 radical (unpaired) electrons. The van der Waals surface area contributed by atoms with Crippen molar-refractivity contribution in [1.82, 2.24) is 0 Å². The van der Waals surface area contributed by atoms with E-state index in [1.54, 1.807) is 0 Å². The molecule has 0 aliphatic rings. The van der Waals surface area contributed by atoms with E-state index >= 15 is 0 Å². The molecule has 0 aromatic heterocycles. The highest BCUT2D eigenvalue weighted by Gasteiger charge is 2.22. The average molecular weight is 539 g/mol. The number of hydrogen-bond donors (Lipinski definition) is 0. The molecule has 0 amide bonds. The zero-order valence-corrected chi connectivity index (χ0v) is 24.9. The summed E-state index contributed by atoms with van der Waals surface area (Å²) in [4.78, 5) is 4.91. The largest absolute Gasteiger partial charge is 0.367 e. The molecule has 0 atom stereocenters. The van der Waals surface area contributed by atoms with Crippen molar-refractivity contribution in [2.75, 3.05) is 22.9 Å². The van der Waals surface area contributed by atoms with Gasteiger partial charge in [0.2, 0.25) is 0 Å². The van der Waals surface area contributed by atoms with Crippen LogP contribution < -0.4 is 9.80 Å². The topological polar surface area (TPSA) is 6.48 Å². The summed E-state index contributed by atoms with van der Waals surface area (Å²) in [5.41, 5.74) is 11.9. The van der Waals surface area contributed by atoms with Gasteiger partial charge in [-0.2, -0.15) is 0 Å². The van der Waals surface area contributed by atoms with Crippen LogP contribution >= 0.6 is 0 Å². The van der Waals surface area contributed by atoms with E-state index in [0.29, 0.717) is 0 Å². The van der Waals surface area contributed by atoms with Crippen molar-refractivity contribution < 1.29 is 0 Å². The van der Waals surface area contributed by atoms with Crippen LogP contribution in [0.5, 0.6) is 0 Å². The third-order valence-corrected chi connectivity index (χ3v) is 8.19. The standard InChI is InChI=1S/C39H42N2/c1-5-40(28-32-16-10-7-11-17-32)35-22-24-37(30(3)26-35)39(34-20-14-9-15-21-34)38-25-23-36(27-31(38)4)41(6-2)29-33-18-12-8-13-19-33/h7-27,39H,5-6,28-29H2,1-4H3. The highest BCUT2D eigenvalue weighted by atomic mass is 15.1. The van der Waals surface area contributed by atoms with Crippen LogP contribution in [0, 0.1) is 13.8 Å². The van der Waals surface area contributed by atoms with Crippen LogP contribution in [-0.4, -0.2) is 13.1 Å². The van der Waals surface area contributed by atoms with Crippen molar-refractivity contribution in [1.29, 1.82) is 0 Å². The third-order valence-electron chi connectivity index (χ3n) is 8.19.